The number of amides is 2. The SMILES string of the molecule is COC(=O)c1cc2cc(c1)C(=O)Oc1c3cc(C(C)(C)C)cc1Cc1cc(C(C)(C)C)cc(c1O)Cc1cc(C(C)(C)C)cc(c1OC(=O)c1cc(cc(C(=O)OC)c1)NC(=O)CCCCCCCCC(=O)N2)Cc1cc(C(C)(C)C)cc(c1O)C3. The van der Waals surface area contributed by atoms with Crippen LogP contribution in [-0.4, -0.2) is 60.1 Å². The van der Waals surface area contributed by atoms with Crippen molar-refractivity contribution in [1.29, 1.82) is 0 Å². The van der Waals surface area contributed by atoms with Gasteiger partial charge in [0.2, 0.25) is 11.8 Å². The molecule has 14 nitrogen and oxygen atoms in total. The number of carbonyl (C=O) groups excluding carboxylic acids is 6. The zero-order valence-electron chi connectivity index (χ0n) is 52.5. The van der Waals surface area contributed by atoms with Crippen LogP contribution in [0.2, 0.25) is 0 Å². The van der Waals surface area contributed by atoms with Crippen LogP contribution in [0.25, 0.3) is 0 Å². The summed E-state index contributed by atoms with van der Waals surface area (Å²) in [5.74, 6) is -3.44. The van der Waals surface area contributed by atoms with Gasteiger partial charge in [-0.25, -0.2) is 19.2 Å². The number of nitrogens with one attached hydrogen (secondary N) is 2. The number of rotatable bonds is 2. The van der Waals surface area contributed by atoms with E-state index in [1.165, 1.54) is 50.6 Å². The molecule has 0 radical (unpaired) electrons. The maximum Gasteiger partial charge on any atom is 0.343 e. The van der Waals surface area contributed by atoms with Crippen molar-refractivity contribution in [2.75, 3.05) is 24.9 Å². The lowest BCUT2D eigenvalue weighted by Gasteiger charge is -2.28. The fourth-order valence-corrected chi connectivity index (χ4v) is 11.0. The van der Waals surface area contributed by atoms with Gasteiger partial charge >= 0.3 is 23.9 Å². The average Bonchev–Trinajstić information content (AvgIpc) is 2.56. The van der Waals surface area contributed by atoms with E-state index < -0.39 is 45.5 Å². The Bertz CT molecular complexity index is 3320. The molecule has 2 amide bonds. The minimum absolute atomic E-state index is 0.0158. The second-order valence-electron chi connectivity index (χ2n) is 27.3. The third-order valence-corrected chi connectivity index (χ3v) is 16.2. The van der Waals surface area contributed by atoms with Gasteiger partial charge < -0.3 is 39.8 Å². The van der Waals surface area contributed by atoms with Crippen LogP contribution in [0.15, 0.2) is 84.9 Å². The summed E-state index contributed by atoms with van der Waals surface area (Å²) in [6, 6.07) is 24.4. The van der Waals surface area contributed by atoms with Crippen molar-refractivity contribution in [1.82, 2.24) is 0 Å². The molecule has 6 aromatic carbocycles. The highest BCUT2D eigenvalue weighted by Gasteiger charge is 2.31. The Kier molecular flexibility index (Phi) is 18.8. The van der Waals surface area contributed by atoms with Gasteiger partial charge in [-0.2, -0.15) is 0 Å². The number of hydrogen-bond donors (Lipinski definition) is 4. The minimum atomic E-state index is -0.829. The number of carbonyl (C=O) groups is 6. The van der Waals surface area contributed by atoms with Crippen molar-refractivity contribution >= 4 is 47.1 Å². The zero-order valence-corrected chi connectivity index (χ0v) is 52.5. The van der Waals surface area contributed by atoms with Gasteiger partial charge in [0.25, 0.3) is 0 Å². The number of phenolic OH excluding ortho intramolecular Hbond substituents is 2. The molecule has 0 saturated carbocycles. The first-order valence-corrected chi connectivity index (χ1v) is 29.8. The number of aromatic hydroxyl groups is 2. The molecule has 14 heteroatoms. The molecule has 86 heavy (non-hydrogen) atoms. The van der Waals surface area contributed by atoms with E-state index in [-0.39, 0.29) is 107 Å². The summed E-state index contributed by atoms with van der Waals surface area (Å²) < 4.78 is 23.6. The number of methoxy groups -OCH3 is 2. The lowest BCUT2D eigenvalue weighted by molar-refractivity contribution is -0.117. The third-order valence-electron chi connectivity index (χ3n) is 16.2. The Balaban J connectivity index is 1.45. The Morgan fingerprint density at radius 2 is 0.663 bits per heavy atom. The van der Waals surface area contributed by atoms with Crippen molar-refractivity contribution in [2.45, 2.75) is 182 Å². The molecule has 8 rings (SSSR count). The summed E-state index contributed by atoms with van der Waals surface area (Å²) in [5.41, 5.74) is 6.36. The number of esters is 4. The molecule has 2 aliphatic rings. The third kappa shape index (κ3) is 15.2. The molecule has 0 spiro atoms. The number of phenols is 2. The molecule has 0 atom stereocenters. The molecule has 1 aliphatic heterocycles. The van der Waals surface area contributed by atoms with Crippen LogP contribution in [0.4, 0.5) is 11.4 Å². The molecule has 0 unspecified atom stereocenters. The molecule has 1 aliphatic carbocycles. The fourth-order valence-electron chi connectivity index (χ4n) is 11.0. The van der Waals surface area contributed by atoms with Crippen molar-refractivity contribution in [3.05, 3.63) is 174 Å². The van der Waals surface area contributed by atoms with Gasteiger partial charge in [-0.1, -0.05) is 157 Å². The fraction of sp³-hybridized carbons (Fsp3) is 0.417. The lowest BCUT2D eigenvalue weighted by atomic mass is 9.79. The summed E-state index contributed by atoms with van der Waals surface area (Å²) in [5, 5.41) is 31.7. The molecule has 14 bridgehead atoms. The predicted molar refractivity (Wildman–Crippen MR) is 335 cm³/mol. The first kappa shape index (κ1) is 63.8. The number of anilines is 2. The monoisotopic (exact) mass is 1170 g/mol. The smallest absolute Gasteiger partial charge is 0.343 e. The van der Waals surface area contributed by atoms with Gasteiger partial charge in [0.15, 0.2) is 0 Å². The van der Waals surface area contributed by atoms with E-state index in [9.17, 15) is 29.4 Å². The van der Waals surface area contributed by atoms with E-state index >= 15 is 9.59 Å². The first-order valence-electron chi connectivity index (χ1n) is 29.8. The van der Waals surface area contributed by atoms with E-state index in [1.807, 2.05) is 48.5 Å². The van der Waals surface area contributed by atoms with Crippen molar-refractivity contribution in [2.24, 2.45) is 0 Å². The first-order chi connectivity index (χ1) is 40.3. The van der Waals surface area contributed by atoms with E-state index in [4.69, 9.17) is 18.9 Å². The van der Waals surface area contributed by atoms with Gasteiger partial charge in [0.1, 0.15) is 23.0 Å². The predicted octanol–water partition coefficient (Wildman–Crippen LogP) is 15.0. The lowest BCUT2D eigenvalue weighted by Crippen LogP contribution is -2.19. The summed E-state index contributed by atoms with van der Waals surface area (Å²) in [6.07, 6.45) is 4.75. The summed E-state index contributed by atoms with van der Waals surface area (Å²) >= 11 is 0. The van der Waals surface area contributed by atoms with Crippen LogP contribution in [-0.2, 0) is 66.4 Å². The molecule has 0 aromatic heterocycles. The molecule has 454 valence electrons. The molecule has 1 heterocycles. The Morgan fingerprint density at radius 3 is 0.930 bits per heavy atom. The summed E-state index contributed by atoms with van der Waals surface area (Å²) in [4.78, 5) is 83.9. The van der Waals surface area contributed by atoms with Gasteiger partial charge in [0, 0.05) is 72.2 Å². The van der Waals surface area contributed by atoms with Crippen molar-refractivity contribution in [3.8, 4) is 23.0 Å². The molecule has 6 aromatic rings. The van der Waals surface area contributed by atoms with Gasteiger partial charge in [-0.15, -0.1) is 0 Å². The van der Waals surface area contributed by atoms with Gasteiger partial charge in [-0.3, -0.25) is 9.59 Å². The molecular formula is C72H84N2O12. The molecular weight excluding hydrogens is 1080 g/mol. The quantitative estimate of drug-likeness (QED) is 0.0943. The standard InChI is InChI=1S/C72H84N2O12/c1-69(2,3)53-29-41-23-45-33-55(71(7,8)9)35-47-25-43-31-54(70(4,5)6)32-44(62(43)78)26-48-36-56(72(10,11)12)34-46(24-42(30-53)61(41)77)64(48)86-68(82)52-28-50(66(80)84-14)38-58(40-52)74-60(76)22-20-18-16-15-17-19-21-59(75)73-57-37-49(65(79)83-13)27-51(39-57)67(81)85-63(45)47/h27-40,77-78H,15-26H2,1-14H3,(H,73,75)(H,74,76). The number of fused-ring (bicyclic) bond motifs is 6. The number of ether oxygens (including phenoxy) is 4. The van der Waals surface area contributed by atoms with Gasteiger partial charge in [0.05, 0.1) is 36.5 Å². The minimum Gasteiger partial charge on any atom is -0.507 e. The maximum absolute atomic E-state index is 15.1. The van der Waals surface area contributed by atoms with E-state index in [2.05, 4.69) is 93.7 Å². The Hall–Kier alpha value is -8.26. The van der Waals surface area contributed by atoms with E-state index in [1.54, 1.807) is 0 Å². The summed E-state index contributed by atoms with van der Waals surface area (Å²) in [7, 11) is 2.47. The van der Waals surface area contributed by atoms with Crippen LogP contribution in [0.5, 0.6) is 23.0 Å². The van der Waals surface area contributed by atoms with Crippen LogP contribution in [0, 0.1) is 0 Å². The Morgan fingerprint density at radius 1 is 0.395 bits per heavy atom. The number of benzene rings is 6. The van der Waals surface area contributed by atoms with Crippen molar-refractivity contribution in [3.63, 3.8) is 0 Å². The molecule has 0 fully saturated rings. The number of hydrogen-bond acceptors (Lipinski definition) is 12. The van der Waals surface area contributed by atoms with Gasteiger partial charge in [-0.05, 0) is 115 Å². The Labute approximate surface area is 506 Å². The van der Waals surface area contributed by atoms with Crippen LogP contribution >= 0.6 is 0 Å². The zero-order chi connectivity index (χ0) is 62.8. The highest BCUT2D eigenvalue weighted by Crippen LogP contribution is 2.44. The molecule has 0 saturated heterocycles. The van der Waals surface area contributed by atoms with Crippen LogP contribution in [0.3, 0.4) is 0 Å². The largest absolute Gasteiger partial charge is 0.507 e. The van der Waals surface area contributed by atoms with Crippen LogP contribution < -0.4 is 20.1 Å². The second kappa shape index (κ2) is 25.4. The second-order valence-corrected chi connectivity index (χ2v) is 27.3. The maximum atomic E-state index is 15.1. The normalized spacial score (nSPS) is 15.2. The van der Waals surface area contributed by atoms with Crippen LogP contribution in [0.1, 0.15) is 243 Å². The average molecular weight is 1170 g/mol. The van der Waals surface area contributed by atoms with Crippen molar-refractivity contribution < 1.29 is 57.9 Å². The van der Waals surface area contributed by atoms with E-state index in [0.29, 0.717) is 57.3 Å². The topological polar surface area (TPSA) is 204 Å². The highest BCUT2D eigenvalue weighted by atomic mass is 16.5. The van der Waals surface area contributed by atoms with E-state index in [0.717, 1.165) is 47.9 Å². The molecule has 4 N–H and O–H groups in total. The summed E-state index contributed by atoms with van der Waals surface area (Å²) in [6.45, 7) is 25.0. The highest BCUT2D eigenvalue weighted by molar-refractivity contribution is 6.01.